The molecule has 7 heteroatoms. The topological polar surface area (TPSA) is 55.4 Å². The maximum Gasteiger partial charge on any atom is 0.349 e. The van der Waals surface area contributed by atoms with E-state index >= 15 is 0 Å². The second kappa shape index (κ2) is 7.95. The Balaban J connectivity index is 1.64. The molecule has 0 aliphatic heterocycles. The Hall–Kier alpha value is -2.28. The van der Waals surface area contributed by atoms with E-state index in [4.69, 9.17) is 4.74 Å². The number of amides is 1. The molecule has 0 bridgehead atoms. The summed E-state index contributed by atoms with van der Waals surface area (Å²) < 4.78 is 32.4. The highest BCUT2D eigenvalue weighted by Gasteiger charge is 2.23. The summed E-state index contributed by atoms with van der Waals surface area (Å²) in [7, 11) is 0. The molecule has 0 saturated heterocycles. The molecular formula is C19H19F2NO3S. The van der Waals surface area contributed by atoms with Crippen LogP contribution in [-0.4, -0.2) is 18.0 Å². The summed E-state index contributed by atoms with van der Waals surface area (Å²) in [6, 6.07) is 5.10. The summed E-state index contributed by atoms with van der Waals surface area (Å²) in [5, 5.41) is 2.13. The van der Waals surface area contributed by atoms with Crippen LogP contribution in [0.5, 0.6) is 0 Å². The van der Waals surface area contributed by atoms with Gasteiger partial charge in [0.05, 0.1) is 0 Å². The van der Waals surface area contributed by atoms with Gasteiger partial charge in [0.1, 0.15) is 22.2 Å². The van der Waals surface area contributed by atoms with Crippen molar-refractivity contribution in [2.24, 2.45) is 0 Å². The molecule has 1 amide bonds. The number of ether oxygens (including phenoxy) is 1. The van der Waals surface area contributed by atoms with E-state index in [1.165, 1.54) is 41.2 Å². The van der Waals surface area contributed by atoms with Gasteiger partial charge < -0.3 is 10.1 Å². The lowest BCUT2D eigenvalue weighted by atomic mass is 10.1. The number of para-hydroxylation sites is 1. The van der Waals surface area contributed by atoms with Gasteiger partial charge in [-0.15, -0.1) is 11.3 Å². The van der Waals surface area contributed by atoms with E-state index in [2.05, 4.69) is 5.32 Å². The summed E-state index contributed by atoms with van der Waals surface area (Å²) >= 11 is 1.39. The summed E-state index contributed by atoms with van der Waals surface area (Å²) in [6.07, 6.45) is 4.12. The Morgan fingerprint density at radius 1 is 1.15 bits per heavy atom. The summed E-state index contributed by atoms with van der Waals surface area (Å²) in [4.78, 5) is 26.1. The fourth-order valence-corrected chi connectivity index (χ4v) is 4.02. The van der Waals surface area contributed by atoms with Crippen LogP contribution in [-0.2, 0) is 22.4 Å². The van der Waals surface area contributed by atoms with Gasteiger partial charge in [-0.3, -0.25) is 4.79 Å². The van der Waals surface area contributed by atoms with Crippen LogP contribution < -0.4 is 5.32 Å². The molecule has 1 heterocycles. The van der Waals surface area contributed by atoms with Gasteiger partial charge >= 0.3 is 5.97 Å². The molecule has 2 aromatic rings. The molecule has 4 nitrogen and oxygen atoms in total. The van der Waals surface area contributed by atoms with Crippen LogP contribution in [0.3, 0.4) is 0 Å². The van der Waals surface area contributed by atoms with Crippen molar-refractivity contribution in [1.29, 1.82) is 0 Å². The number of hydrogen-bond donors (Lipinski definition) is 1. The molecule has 138 valence electrons. The van der Waals surface area contributed by atoms with E-state index in [0.29, 0.717) is 4.88 Å². The lowest BCUT2D eigenvalue weighted by Gasteiger charge is -2.13. The predicted octanol–water partition coefficient (Wildman–Crippen LogP) is 4.48. The number of benzene rings is 1. The molecule has 26 heavy (non-hydrogen) atoms. The van der Waals surface area contributed by atoms with Gasteiger partial charge in [0.2, 0.25) is 0 Å². The average molecular weight is 379 g/mol. The van der Waals surface area contributed by atoms with Crippen LogP contribution in [0.25, 0.3) is 0 Å². The highest BCUT2D eigenvalue weighted by Crippen LogP contribution is 2.29. The van der Waals surface area contributed by atoms with Crippen molar-refractivity contribution in [3.63, 3.8) is 0 Å². The number of carbonyl (C=O) groups is 2. The molecule has 0 fully saturated rings. The third-order valence-corrected chi connectivity index (χ3v) is 5.53. The van der Waals surface area contributed by atoms with E-state index in [1.54, 1.807) is 0 Å². The normalized spacial score (nSPS) is 14.9. The second-order valence-electron chi connectivity index (χ2n) is 6.25. The van der Waals surface area contributed by atoms with Crippen LogP contribution in [0.4, 0.5) is 14.5 Å². The molecule has 1 aliphatic carbocycles. The minimum atomic E-state index is -1.18. The van der Waals surface area contributed by atoms with Crippen LogP contribution in [0, 0.1) is 11.6 Å². The third kappa shape index (κ3) is 4.09. The molecule has 1 aromatic carbocycles. The van der Waals surface area contributed by atoms with Gasteiger partial charge in [-0.25, -0.2) is 13.6 Å². The summed E-state index contributed by atoms with van der Waals surface area (Å²) in [5.41, 5.74) is 0.619. The summed E-state index contributed by atoms with van der Waals surface area (Å²) in [5.74, 6) is -3.17. The molecule has 1 aliphatic rings. The van der Waals surface area contributed by atoms with Crippen molar-refractivity contribution < 1.29 is 23.1 Å². The van der Waals surface area contributed by atoms with Gasteiger partial charge in [0, 0.05) is 4.88 Å². The number of nitrogens with one attached hydrogen (secondary N) is 1. The largest absolute Gasteiger partial charge is 0.448 e. The minimum absolute atomic E-state index is 0.452. The summed E-state index contributed by atoms with van der Waals surface area (Å²) in [6.45, 7) is 1.37. The van der Waals surface area contributed by atoms with E-state index in [9.17, 15) is 18.4 Å². The maximum atomic E-state index is 13.6. The first-order valence-corrected chi connectivity index (χ1v) is 9.35. The van der Waals surface area contributed by atoms with Crippen LogP contribution in [0.1, 0.15) is 46.3 Å². The third-order valence-electron chi connectivity index (χ3n) is 4.31. The highest BCUT2D eigenvalue weighted by atomic mass is 32.1. The van der Waals surface area contributed by atoms with Crippen molar-refractivity contribution in [2.45, 2.75) is 45.1 Å². The van der Waals surface area contributed by atoms with E-state index in [1.807, 2.05) is 6.07 Å². The molecule has 1 aromatic heterocycles. The van der Waals surface area contributed by atoms with Crippen LogP contribution in [0.2, 0.25) is 0 Å². The van der Waals surface area contributed by atoms with Gasteiger partial charge in [-0.2, -0.15) is 0 Å². The standard InChI is InChI=1S/C19H19F2NO3S/c1-11(18(23)22-17-13(20)7-5-8-14(17)21)25-19(24)16-10-12-6-3-2-4-9-15(12)26-16/h5,7-8,10-11H,2-4,6,9H2,1H3,(H,22,23)/t11-/m1/s1. The molecule has 3 rings (SSSR count). The number of rotatable bonds is 4. The molecule has 1 atom stereocenters. The number of fused-ring (bicyclic) bond motifs is 1. The number of hydrogen-bond acceptors (Lipinski definition) is 4. The Bertz CT molecular complexity index is 790. The monoisotopic (exact) mass is 379 g/mol. The van der Waals surface area contributed by atoms with Crippen LogP contribution >= 0.6 is 11.3 Å². The zero-order chi connectivity index (χ0) is 18.7. The Labute approximate surface area is 154 Å². The fourth-order valence-electron chi connectivity index (χ4n) is 2.88. The molecular weight excluding hydrogens is 360 g/mol. The zero-order valence-electron chi connectivity index (χ0n) is 14.3. The van der Waals surface area contributed by atoms with Gasteiger partial charge in [-0.1, -0.05) is 12.5 Å². The molecule has 1 N–H and O–H groups in total. The Morgan fingerprint density at radius 3 is 2.58 bits per heavy atom. The van der Waals surface area contributed by atoms with E-state index < -0.39 is 35.3 Å². The van der Waals surface area contributed by atoms with E-state index in [0.717, 1.165) is 37.8 Å². The first-order chi connectivity index (χ1) is 12.5. The number of anilines is 1. The van der Waals surface area contributed by atoms with Crippen LogP contribution in [0.15, 0.2) is 24.3 Å². The number of halogens is 2. The zero-order valence-corrected chi connectivity index (χ0v) is 15.1. The Kier molecular flexibility index (Phi) is 5.66. The highest BCUT2D eigenvalue weighted by molar-refractivity contribution is 7.14. The molecule has 0 spiro atoms. The lowest BCUT2D eigenvalue weighted by molar-refractivity contribution is -0.123. The first kappa shape index (κ1) is 18.5. The average Bonchev–Trinajstić information content (AvgIpc) is 2.89. The molecule has 0 radical (unpaired) electrons. The number of esters is 1. The lowest BCUT2D eigenvalue weighted by Crippen LogP contribution is -2.30. The van der Waals surface area contributed by atoms with Crippen molar-refractivity contribution >= 4 is 28.9 Å². The van der Waals surface area contributed by atoms with Gasteiger partial charge in [0.15, 0.2) is 6.10 Å². The predicted molar refractivity (Wildman–Crippen MR) is 95.4 cm³/mol. The van der Waals surface area contributed by atoms with Gasteiger partial charge in [-0.05, 0) is 56.4 Å². The number of thiophene rings is 1. The quantitative estimate of drug-likeness (QED) is 0.629. The maximum absolute atomic E-state index is 13.6. The van der Waals surface area contributed by atoms with Crippen molar-refractivity contribution in [3.05, 3.63) is 51.2 Å². The SMILES string of the molecule is C[C@@H](OC(=O)c1cc2c(s1)CCCCC2)C(=O)Nc1c(F)cccc1F. The van der Waals surface area contributed by atoms with Crippen molar-refractivity contribution in [3.8, 4) is 0 Å². The molecule has 0 saturated carbocycles. The van der Waals surface area contributed by atoms with Gasteiger partial charge in [0.25, 0.3) is 5.91 Å². The van der Waals surface area contributed by atoms with Crippen molar-refractivity contribution in [1.82, 2.24) is 0 Å². The first-order valence-electron chi connectivity index (χ1n) is 8.53. The minimum Gasteiger partial charge on any atom is -0.448 e. The number of aryl methyl sites for hydroxylation is 2. The van der Waals surface area contributed by atoms with Crippen molar-refractivity contribution in [2.75, 3.05) is 5.32 Å². The molecule has 0 unspecified atom stereocenters. The smallest absolute Gasteiger partial charge is 0.349 e. The second-order valence-corrected chi connectivity index (χ2v) is 7.39. The fraction of sp³-hybridized carbons (Fsp3) is 0.368. The van der Waals surface area contributed by atoms with E-state index in [-0.39, 0.29) is 0 Å². The number of carbonyl (C=O) groups excluding carboxylic acids is 2. The Morgan fingerprint density at radius 2 is 1.85 bits per heavy atom.